The van der Waals surface area contributed by atoms with Gasteiger partial charge in [0.2, 0.25) is 0 Å². The Kier molecular flexibility index (Phi) is 4.81. The minimum absolute atomic E-state index is 0.565. The number of benzene rings is 1. The molecule has 92 valence electrons. The summed E-state index contributed by atoms with van der Waals surface area (Å²) in [4.78, 5) is 0. The number of hydrogen-bond donors (Lipinski definition) is 1. The van der Waals surface area contributed by atoms with Crippen molar-refractivity contribution in [1.29, 1.82) is 0 Å². The zero-order chi connectivity index (χ0) is 11.9. The molecule has 0 spiro atoms. The maximum Gasteiger partial charge on any atom is 0.0253 e. The molecule has 1 aliphatic rings. The molecule has 1 heteroatoms. The number of aryl methyl sites for hydroxylation is 1. The Hall–Kier alpha value is -1.08. The summed E-state index contributed by atoms with van der Waals surface area (Å²) in [5.74, 6) is 0. The van der Waals surface area contributed by atoms with Crippen molar-refractivity contribution in [3.05, 3.63) is 47.5 Å². The van der Waals surface area contributed by atoms with Gasteiger partial charge in [-0.2, -0.15) is 0 Å². The van der Waals surface area contributed by atoms with Crippen LogP contribution in [0.5, 0.6) is 0 Å². The summed E-state index contributed by atoms with van der Waals surface area (Å²) >= 11 is 0. The van der Waals surface area contributed by atoms with E-state index in [1.807, 2.05) is 0 Å². The largest absolute Gasteiger partial charge is 0.306 e. The minimum atomic E-state index is 0.565. The van der Waals surface area contributed by atoms with E-state index < -0.39 is 0 Å². The predicted octanol–water partition coefficient (Wildman–Crippen LogP) is 3.97. The van der Waals surface area contributed by atoms with Crippen LogP contribution in [0.3, 0.4) is 0 Å². The molecule has 0 bridgehead atoms. The van der Waals surface area contributed by atoms with E-state index in [0.717, 1.165) is 6.54 Å². The van der Waals surface area contributed by atoms with E-state index in [4.69, 9.17) is 0 Å². The second-order valence-electron chi connectivity index (χ2n) is 4.98. The predicted molar refractivity (Wildman–Crippen MR) is 74.0 cm³/mol. The van der Waals surface area contributed by atoms with Gasteiger partial charge in [0.05, 0.1) is 0 Å². The van der Waals surface area contributed by atoms with E-state index >= 15 is 0 Å². The van der Waals surface area contributed by atoms with Crippen LogP contribution in [0.2, 0.25) is 0 Å². The summed E-state index contributed by atoms with van der Waals surface area (Å²) < 4.78 is 0. The molecule has 2 rings (SSSR count). The smallest absolute Gasteiger partial charge is 0.0253 e. The Labute approximate surface area is 105 Å². The first-order valence-corrected chi connectivity index (χ1v) is 6.81. The van der Waals surface area contributed by atoms with Crippen molar-refractivity contribution >= 4 is 0 Å². The van der Waals surface area contributed by atoms with Gasteiger partial charge in [-0.15, -0.1) is 0 Å². The summed E-state index contributed by atoms with van der Waals surface area (Å²) in [5, 5.41) is 3.66. The number of nitrogens with one attached hydrogen (secondary N) is 1. The quantitative estimate of drug-likeness (QED) is 0.773. The number of rotatable bonds is 3. The monoisotopic (exact) mass is 229 g/mol. The van der Waals surface area contributed by atoms with E-state index in [1.165, 1.54) is 43.2 Å². The SMILES string of the molecule is Cc1ccccc1CNC1/C=C/CCCCC1. The van der Waals surface area contributed by atoms with Crippen LogP contribution in [0.4, 0.5) is 0 Å². The second kappa shape index (κ2) is 6.61. The Morgan fingerprint density at radius 1 is 1.18 bits per heavy atom. The molecule has 0 fully saturated rings. The summed E-state index contributed by atoms with van der Waals surface area (Å²) in [5.41, 5.74) is 2.80. The molecule has 1 unspecified atom stereocenters. The van der Waals surface area contributed by atoms with Crippen LogP contribution in [-0.4, -0.2) is 6.04 Å². The van der Waals surface area contributed by atoms with E-state index in [9.17, 15) is 0 Å². The lowest BCUT2D eigenvalue weighted by Crippen LogP contribution is -2.27. The second-order valence-corrected chi connectivity index (χ2v) is 4.98. The van der Waals surface area contributed by atoms with E-state index in [0.29, 0.717) is 6.04 Å². The van der Waals surface area contributed by atoms with E-state index in [2.05, 4.69) is 48.7 Å². The molecule has 0 aromatic heterocycles. The molecule has 0 saturated carbocycles. The van der Waals surface area contributed by atoms with Crippen LogP contribution >= 0.6 is 0 Å². The molecule has 1 aromatic rings. The van der Waals surface area contributed by atoms with Crippen molar-refractivity contribution in [2.24, 2.45) is 0 Å². The van der Waals surface area contributed by atoms with Crippen LogP contribution in [0, 0.1) is 6.92 Å². The van der Waals surface area contributed by atoms with Crippen LogP contribution < -0.4 is 5.32 Å². The molecule has 0 saturated heterocycles. The van der Waals surface area contributed by atoms with Gasteiger partial charge < -0.3 is 5.32 Å². The first kappa shape index (κ1) is 12.4. The van der Waals surface area contributed by atoms with Gasteiger partial charge in [0.15, 0.2) is 0 Å². The van der Waals surface area contributed by atoms with Gasteiger partial charge in [-0.1, -0.05) is 49.3 Å². The first-order chi connectivity index (χ1) is 8.36. The van der Waals surface area contributed by atoms with Gasteiger partial charge in [0, 0.05) is 12.6 Å². The highest BCUT2D eigenvalue weighted by molar-refractivity contribution is 5.25. The number of hydrogen-bond acceptors (Lipinski definition) is 1. The minimum Gasteiger partial charge on any atom is -0.306 e. The zero-order valence-corrected chi connectivity index (χ0v) is 10.8. The van der Waals surface area contributed by atoms with Crippen LogP contribution in [0.1, 0.15) is 43.2 Å². The van der Waals surface area contributed by atoms with Gasteiger partial charge in [-0.25, -0.2) is 0 Å². The van der Waals surface area contributed by atoms with Gasteiger partial charge in [-0.05, 0) is 37.3 Å². The van der Waals surface area contributed by atoms with Crippen LogP contribution in [-0.2, 0) is 6.54 Å². The summed E-state index contributed by atoms with van der Waals surface area (Å²) in [6, 6.07) is 9.20. The molecular formula is C16H23N. The normalized spacial score (nSPS) is 22.8. The van der Waals surface area contributed by atoms with Crippen molar-refractivity contribution in [3.8, 4) is 0 Å². The van der Waals surface area contributed by atoms with Crippen molar-refractivity contribution in [2.45, 2.75) is 51.6 Å². The fourth-order valence-corrected chi connectivity index (χ4v) is 2.38. The molecule has 1 N–H and O–H groups in total. The molecule has 0 aliphatic heterocycles. The summed E-state index contributed by atoms with van der Waals surface area (Å²) in [7, 11) is 0. The molecule has 0 radical (unpaired) electrons. The highest BCUT2D eigenvalue weighted by Gasteiger charge is 2.06. The van der Waals surface area contributed by atoms with Crippen molar-refractivity contribution < 1.29 is 0 Å². The molecule has 0 heterocycles. The highest BCUT2D eigenvalue weighted by atomic mass is 14.9. The van der Waals surface area contributed by atoms with Gasteiger partial charge in [0.25, 0.3) is 0 Å². The fourth-order valence-electron chi connectivity index (χ4n) is 2.38. The Balaban J connectivity index is 1.88. The molecular weight excluding hydrogens is 206 g/mol. The third-order valence-corrected chi connectivity index (χ3v) is 3.57. The lowest BCUT2D eigenvalue weighted by atomic mass is 10.0. The Bertz CT molecular complexity index is 368. The molecule has 1 nitrogen and oxygen atoms in total. The topological polar surface area (TPSA) is 12.0 Å². The molecule has 17 heavy (non-hydrogen) atoms. The van der Waals surface area contributed by atoms with Crippen molar-refractivity contribution in [3.63, 3.8) is 0 Å². The first-order valence-electron chi connectivity index (χ1n) is 6.81. The molecule has 1 aliphatic carbocycles. The Morgan fingerprint density at radius 2 is 2.06 bits per heavy atom. The van der Waals surface area contributed by atoms with Crippen molar-refractivity contribution in [2.75, 3.05) is 0 Å². The highest BCUT2D eigenvalue weighted by Crippen LogP contribution is 2.13. The van der Waals surface area contributed by atoms with Gasteiger partial charge >= 0.3 is 0 Å². The third-order valence-electron chi connectivity index (χ3n) is 3.57. The molecule has 0 amide bonds. The standard InChI is InChI=1S/C16H23N/c1-14-9-7-8-10-15(14)13-17-16-11-5-3-2-4-6-12-16/h5,7-11,16-17H,2-4,6,12-13H2,1H3/b11-5+. The summed E-state index contributed by atoms with van der Waals surface area (Å²) in [6.45, 7) is 3.17. The molecule has 1 aromatic carbocycles. The third kappa shape index (κ3) is 4.01. The maximum absolute atomic E-state index is 3.66. The molecule has 1 atom stereocenters. The van der Waals surface area contributed by atoms with E-state index in [1.54, 1.807) is 0 Å². The van der Waals surface area contributed by atoms with Crippen molar-refractivity contribution in [1.82, 2.24) is 5.32 Å². The Morgan fingerprint density at radius 3 is 2.94 bits per heavy atom. The summed E-state index contributed by atoms with van der Waals surface area (Å²) in [6.07, 6.45) is 11.3. The fraction of sp³-hybridized carbons (Fsp3) is 0.500. The average Bonchev–Trinajstić information content (AvgIpc) is 2.29. The lowest BCUT2D eigenvalue weighted by molar-refractivity contribution is 0.508. The average molecular weight is 229 g/mol. The van der Waals surface area contributed by atoms with E-state index in [-0.39, 0.29) is 0 Å². The van der Waals surface area contributed by atoms with Gasteiger partial charge in [0.1, 0.15) is 0 Å². The zero-order valence-electron chi connectivity index (χ0n) is 10.8. The lowest BCUT2D eigenvalue weighted by Gasteiger charge is -2.17. The number of allylic oxidation sites excluding steroid dienone is 1. The van der Waals surface area contributed by atoms with Crippen LogP contribution in [0.25, 0.3) is 0 Å². The maximum atomic E-state index is 3.66. The van der Waals surface area contributed by atoms with Gasteiger partial charge in [-0.3, -0.25) is 0 Å². The van der Waals surface area contributed by atoms with Crippen LogP contribution in [0.15, 0.2) is 36.4 Å².